The first-order chi connectivity index (χ1) is 18.0. The van der Waals surface area contributed by atoms with Crippen LogP contribution in [0.3, 0.4) is 0 Å². The maximum Gasteiger partial charge on any atom is 0.459 e. The van der Waals surface area contributed by atoms with E-state index in [9.17, 15) is 19.3 Å². The van der Waals surface area contributed by atoms with Gasteiger partial charge in [0.05, 0.1) is 30.9 Å². The molecule has 1 aromatic heterocycles. The highest BCUT2D eigenvalue weighted by Gasteiger charge is 2.35. The molecule has 1 aromatic carbocycles. The number of benzene rings is 1. The van der Waals surface area contributed by atoms with Gasteiger partial charge in [-0.1, -0.05) is 28.8 Å². The van der Waals surface area contributed by atoms with Gasteiger partial charge in [-0.3, -0.25) is 13.9 Å². The summed E-state index contributed by atoms with van der Waals surface area (Å²) in [4.78, 5) is 30.7. The highest BCUT2D eigenvalue weighted by molar-refractivity contribution is 7.52. The van der Waals surface area contributed by atoms with Crippen molar-refractivity contribution in [1.29, 1.82) is 0 Å². The third kappa shape index (κ3) is 9.30. The number of hydrogen-bond acceptors (Lipinski definition) is 11. The molecular formula is C21H29ClN7O8P. The third-order valence-electron chi connectivity index (χ3n) is 4.79. The standard InChI is InChI=1S/C21H29ClN7O8P/c1-4-34-20(31)13(2)27-38(33,37-16-8-6-5-7-15(16)22)35-12-17(14(3)30)36-19(11-25-28-24)29-10-9-18(23)26-21(29)32/h5-10,13-14,17,19,30H,4,11-12H2,1-3H3,(H,27,33)(H2,23,26,32)/t13-,14-,17+,19?,38?/m0/s1. The summed E-state index contributed by atoms with van der Waals surface area (Å²) >= 11 is 6.13. The molecule has 1 heterocycles. The summed E-state index contributed by atoms with van der Waals surface area (Å²) in [5.74, 6) is -0.757. The van der Waals surface area contributed by atoms with Gasteiger partial charge in [0.1, 0.15) is 29.9 Å². The predicted molar refractivity (Wildman–Crippen MR) is 137 cm³/mol. The first-order valence-corrected chi connectivity index (χ1v) is 13.2. The van der Waals surface area contributed by atoms with Crippen LogP contribution >= 0.6 is 19.3 Å². The lowest BCUT2D eigenvalue weighted by atomic mass is 10.2. The lowest BCUT2D eigenvalue weighted by molar-refractivity contribution is -0.144. The van der Waals surface area contributed by atoms with Crippen molar-refractivity contribution in [2.45, 2.75) is 45.2 Å². The van der Waals surface area contributed by atoms with Gasteiger partial charge in [0.2, 0.25) is 0 Å². The second kappa shape index (κ2) is 14.7. The number of nitrogens with zero attached hydrogens (tertiary/aromatic N) is 5. The quantitative estimate of drug-likeness (QED) is 0.0925. The van der Waals surface area contributed by atoms with E-state index in [1.165, 1.54) is 38.2 Å². The van der Waals surface area contributed by atoms with Gasteiger partial charge in [-0.25, -0.2) is 9.36 Å². The number of nitrogens with one attached hydrogen (secondary N) is 1. The Labute approximate surface area is 223 Å². The summed E-state index contributed by atoms with van der Waals surface area (Å²) in [6.07, 6.45) is -2.43. The van der Waals surface area contributed by atoms with E-state index in [1.54, 1.807) is 19.1 Å². The highest BCUT2D eigenvalue weighted by Crippen LogP contribution is 2.47. The smallest absolute Gasteiger partial charge is 0.459 e. The van der Waals surface area contributed by atoms with Gasteiger partial charge in [-0.05, 0) is 44.5 Å². The Morgan fingerprint density at radius 1 is 1.37 bits per heavy atom. The second-order valence-corrected chi connectivity index (χ2v) is 9.84. The van der Waals surface area contributed by atoms with Crippen LogP contribution in [0.25, 0.3) is 10.4 Å². The molecular weight excluding hydrogens is 545 g/mol. The van der Waals surface area contributed by atoms with Crippen molar-refractivity contribution in [2.75, 3.05) is 25.5 Å². The number of carbonyl (C=O) groups is 1. The van der Waals surface area contributed by atoms with E-state index in [0.717, 1.165) is 4.57 Å². The molecule has 5 atom stereocenters. The number of esters is 1. The largest absolute Gasteiger partial charge is 0.465 e. The molecule has 0 bridgehead atoms. The number of para-hydroxylation sites is 1. The molecule has 2 unspecified atom stereocenters. The number of nitrogens with two attached hydrogens (primary N) is 1. The van der Waals surface area contributed by atoms with Crippen molar-refractivity contribution in [2.24, 2.45) is 5.11 Å². The zero-order valence-electron chi connectivity index (χ0n) is 20.8. The van der Waals surface area contributed by atoms with Crippen molar-refractivity contribution in [3.63, 3.8) is 0 Å². The van der Waals surface area contributed by atoms with Crippen LogP contribution in [0.2, 0.25) is 5.02 Å². The molecule has 0 fully saturated rings. The molecule has 15 nitrogen and oxygen atoms in total. The Hall–Kier alpha value is -3.16. The van der Waals surface area contributed by atoms with Crippen LogP contribution < -0.4 is 21.0 Å². The van der Waals surface area contributed by atoms with Gasteiger partial charge in [0, 0.05) is 11.1 Å². The van der Waals surface area contributed by atoms with Gasteiger partial charge in [0.25, 0.3) is 0 Å². The van der Waals surface area contributed by atoms with Gasteiger partial charge >= 0.3 is 19.4 Å². The van der Waals surface area contributed by atoms with Crippen LogP contribution in [-0.4, -0.2) is 58.6 Å². The van der Waals surface area contributed by atoms with Gasteiger partial charge in [-0.2, -0.15) is 10.1 Å². The summed E-state index contributed by atoms with van der Waals surface area (Å²) in [7, 11) is -4.35. The molecule has 0 saturated carbocycles. The lowest BCUT2D eigenvalue weighted by Gasteiger charge is -2.29. The van der Waals surface area contributed by atoms with Crippen LogP contribution in [-0.2, 0) is 23.4 Å². The Kier molecular flexibility index (Phi) is 12.0. The molecule has 4 N–H and O–H groups in total. The van der Waals surface area contributed by atoms with E-state index >= 15 is 0 Å². The van der Waals surface area contributed by atoms with Crippen molar-refractivity contribution in [3.05, 3.63) is 62.5 Å². The zero-order chi connectivity index (χ0) is 28.3. The molecule has 0 aliphatic rings. The van der Waals surface area contributed by atoms with E-state index < -0.39 is 50.5 Å². The van der Waals surface area contributed by atoms with Crippen molar-refractivity contribution >= 4 is 31.1 Å². The summed E-state index contributed by atoms with van der Waals surface area (Å²) in [5.41, 5.74) is 13.5. The minimum absolute atomic E-state index is 0.00342. The predicted octanol–water partition coefficient (Wildman–Crippen LogP) is 2.80. The summed E-state index contributed by atoms with van der Waals surface area (Å²) in [6.45, 7) is 3.52. The Balaban J connectivity index is 2.31. The van der Waals surface area contributed by atoms with Crippen LogP contribution in [0.15, 0.2) is 46.4 Å². The first kappa shape index (κ1) is 31.1. The van der Waals surface area contributed by atoms with Gasteiger partial charge in [-0.15, -0.1) is 0 Å². The Bertz CT molecular complexity index is 1240. The minimum atomic E-state index is -4.35. The van der Waals surface area contributed by atoms with Gasteiger partial charge < -0.3 is 24.8 Å². The summed E-state index contributed by atoms with van der Waals surface area (Å²) in [6, 6.07) is 6.36. The van der Waals surface area contributed by atoms with Crippen LogP contribution in [0.5, 0.6) is 5.75 Å². The average molecular weight is 574 g/mol. The molecule has 38 heavy (non-hydrogen) atoms. The normalized spacial score (nSPS) is 15.8. The van der Waals surface area contributed by atoms with E-state index in [-0.39, 0.29) is 29.7 Å². The van der Waals surface area contributed by atoms with Crippen molar-refractivity contribution < 1.29 is 33.0 Å². The molecule has 0 aliphatic heterocycles. The third-order valence-corrected chi connectivity index (χ3v) is 6.73. The van der Waals surface area contributed by atoms with Crippen molar-refractivity contribution in [1.82, 2.24) is 14.6 Å². The maximum absolute atomic E-state index is 13.7. The number of aliphatic hydroxyl groups excluding tert-OH is 1. The molecule has 0 saturated heterocycles. The summed E-state index contributed by atoms with van der Waals surface area (Å²) in [5, 5.41) is 16.4. The Morgan fingerprint density at radius 3 is 2.68 bits per heavy atom. The number of aliphatic hydroxyl groups is 1. The Morgan fingerprint density at radius 2 is 2.08 bits per heavy atom. The number of aromatic nitrogens is 2. The van der Waals surface area contributed by atoms with Crippen LogP contribution in [0.1, 0.15) is 27.0 Å². The molecule has 17 heteroatoms. The van der Waals surface area contributed by atoms with E-state index in [4.69, 9.17) is 41.4 Å². The maximum atomic E-state index is 13.7. The molecule has 0 amide bonds. The highest BCUT2D eigenvalue weighted by atomic mass is 35.5. The number of rotatable bonds is 15. The number of azide groups is 1. The topological polar surface area (TPSA) is 213 Å². The lowest BCUT2D eigenvalue weighted by Crippen LogP contribution is -2.39. The molecule has 0 spiro atoms. The fraction of sp³-hybridized carbons (Fsp3) is 0.476. The molecule has 2 aromatic rings. The fourth-order valence-corrected chi connectivity index (χ4v) is 4.66. The van der Waals surface area contributed by atoms with Crippen LogP contribution in [0.4, 0.5) is 5.82 Å². The van der Waals surface area contributed by atoms with E-state index in [2.05, 4.69) is 20.1 Å². The monoisotopic (exact) mass is 573 g/mol. The number of hydrogen-bond donors (Lipinski definition) is 3. The average Bonchev–Trinajstić information content (AvgIpc) is 2.85. The fourth-order valence-electron chi connectivity index (χ4n) is 2.91. The molecule has 2 rings (SSSR count). The molecule has 0 radical (unpaired) electrons. The van der Waals surface area contributed by atoms with Gasteiger partial charge in [0.15, 0.2) is 0 Å². The number of ether oxygens (including phenoxy) is 2. The first-order valence-electron chi connectivity index (χ1n) is 11.3. The number of nitrogen functional groups attached to an aromatic ring is 1. The summed E-state index contributed by atoms with van der Waals surface area (Å²) < 4.78 is 36.5. The molecule has 0 aliphatic carbocycles. The van der Waals surface area contributed by atoms with Crippen molar-refractivity contribution in [3.8, 4) is 5.75 Å². The minimum Gasteiger partial charge on any atom is -0.465 e. The number of anilines is 1. The number of halogens is 1. The second-order valence-electron chi connectivity index (χ2n) is 7.74. The van der Waals surface area contributed by atoms with Crippen LogP contribution in [0, 0.1) is 0 Å². The van der Waals surface area contributed by atoms with E-state index in [1.807, 2.05) is 0 Å². The number of carbonyl (C=O) groups excluding carboxylic acids is 1. The SMILES string of the molecule is CCOC(=O)[C@H](C)NP(=O)(OC[C@@H](OC(CN=[N+]=[N-])n1ccc(N)nc1=O)[C@H](C)O)Oc1ccccc1Cl. The van der Waals surface area contributed by atoms with E-state index in [0.29, 0.717) is 0 Å². The zero-order valence-corrected chi connectivity index (χ0v) is 22.5. The molecule has 208 valence electrons.